The summed E-state index contributed by atoms with van der Waals surface area (Å²) >= 11 is 0. The van der Waals surface area contributed by atoms with E-state index in [1.807, 2.05) is 6.07 Å². The van der Waals surface area contributed by atoms with Crippen LogP contribution >= 0.6 is 0 Å². The molecule has 1 fully saturated rings. The molecule has 9 nitrogen and oxygen atoms in total. The highest BCUT2D eigenvalue weighted by molar-refractivity contribution is 6.46. The fraction of sp³-hybridized carbons (Fsp3) is 0.241. The summed E-state index contributed by atoms with van der Waals surface area (Å²) in [5.41, 5.74) is 1.46. The Kier molecular flexibility index (Phi) is 6.83. The number of amides is 1. The number of benzene rings is 3. The number of nitrogens with zero attached hydrogens (tertiary/aromatic N) is 1. The van der Waals surface area contributed by atoms with E-state index in [0.717, 1.165) is 5.56 Å². The number of phenolic OH excluding ortho intramolecular Hbond substituents is 1. The van der Waals surface area contributed by atoms with Gasteiger partial charge in [0.15, 0.2) is 23.0 Å². The number of aliphatic hydroxyl groups excluding tert-OH is 1. The van der Waals surface area contributed by atoms with Crippen LogP contribution in [0.4, 0.5) is 0 Å². The molecule has 38 heavy (non-hydrogen) atoms. The number of carbonyl (C=O) groups is 2. The molecule has 0 radical (unpaired) electrons. The van der Waals surface area contributed by atoms with Crippen LogP contribution in [-0.4, -0.2) is 53.7 Å². The highest BCUT2D eigenvalue weighted by atomic mass is 16.6. The van der Waals surface area contributed by atoms with Crippen molar-refractivity contribution >= 4 is 17.4 Å². The number of likely N-dealkylation sites (tertiary alicyclic amines) is 1. The van der Waals surface area contributed by atoms with Crippen LogP contribution in [0.2, 0.25) is 0 Å². The Bertz CT molecular complexity index is 1430. The number of ketones is 1. The average molecular weight is 518 g/mol. The van der Waals surface area contributed by atoms with E-state index in [-0.39, 0.29) is 29.4 Å². The number of ether oxygens (including phenoxy) is 4. The van der Waals surface area contributed by atoms with Crippen LogP contribution in [0, 0.1) is 0 Å². The third-order valence-corrected chi connectivity index (χ3v) is 6.44. The van der Waals surface area contributed by atoms with Gasteiger partial charge in [-0.3, -0.25) is 9.59 Å². The first-order chi connectivity index (χ1) is 18.4. The summed E-state index contributed by atoms with van der Waals surface area (Å²) < 4.78 is 22.1. The van der Waals surface area contributed by atoms with E-state index < -0.39 is 17.7 Å². The van der Waals surface area contributed by atoms with Gasteiger partial charge in [-0.25, -0.2) is 0 Å². The second-order valence-corrected chi connectivity index (χ2v) is 8.80. The number of aliphatic hydroxyl groups is 1. The summed E-state index contributed by atoms with van der Waals surface area (Å²) in [5.74, 6) is -0.226. The maximum absolute atomic E-state index is 13.4. The standard InChI is InChI=1S/C29H27NO8/c1-3-36-23-14-18(7-9-21(23)31)26-25(27(32)19-8-10-22-24(15-19)38-12-11-37-22)28(33)29(34)30(26)16-17-5-4-6-20(13-17)35-2/h4-10,13-15,26,31-32H,3,11-12,16H2,1-2H3/b27-25+. The molecule has 3 aromatic carbocycles. The lowest BCUT2D eigenvalue weighted by Crippen LogP contribution is -2.29. The molecule has 1 unspecified atom stereocenters. The molecule has 3 aromatic rings. The fourth-order valence-corrected chi connectivity index (χ4v) is 4.68. The summed E-state index contributed by atoms with van der Waals surface area (Å²) in [6.07, 6.45) is 0. The van der Waals surface area contributed by atoms with Crippen LogP contribution in [0.25, 0.3) is 5.76 Å². The SMILES string of the molecule is CCOc1cc(C2/C(=C(\O)c3ccc4c(c3)OCCO4)C(=O)C(=O)N2Cc2cccc(OC)c2)ccc1O. The van der Waals surface area contributed by atoms with Gasteiger partial charge < -0.3 is 34.1 Å². The number of fused-ring (bicyclic) bond motifs is 1. The summed E-state index contributed by atoms with van der Waals surface area (Å²) in [4.78, 5) is 28.2. The average Bonchev–Trinajstić information content (AvgIpc) is 3.18. The molecule has 1 atom stereocenters. The molecule has 196 valence electrons. The number of methoxy groups -OCH3 is 1. The van der Waals surface area contributed by atoms with Crippen molar-refractivity contribution < 1.29 is 38.7 Å². The number of hydrogen-bond donors (Lipinski definition) is 2. The van der Waals surface area contributed by atoms with Crippen molar-refractivity contribution in [1.82, 2.24) is 4.90 Å². The molecule has 0 aromatic heterocycles. The van der Waals surface area contributed by atoms with Gasteiger partial charge in [-0.05, 0) is 60.5 Å². The first kappa shape index (κ1) is 25.0. The molecule has 0 spiro atoms. The molecule has 2 heterocycles. The predicted molar refractivity (Wildman–Crippen MR) is 138 cm³/mol. The van der Waals surface area contributed by atoms with Crippen LogP contribution < -0.4 is 18.9 Å². The minimum Gasteiger partial charge on any atom is -0.507 e. The monoisotopic (exact) mass is 517 g/mol. The molecule has 2 aliphatic rings. The molecule has 1 amide bonds. The Morgan fingerprint density at radius 3 is 2.58 bits per heavy atom. The topological polar surface area (TPSA) is 115 Å². The summed E-state index contributed by atoms with van der Waals surface area (Å²) in [6, 6.07) is 15.7. The smallest absolute Gasteiger partial charge is 0.295 e. The van der Waals surface area contributed by atoms with E-state index in [1.165, 1.54) is 11.0 Å². The lowest BCUT2D eigenvalue weighted by Gasteiger charge is -2.26. The zero-order chi connectivity index (χ0) is 26.8. The van der Waals surface area contributed by atoms with E-state index in [9.17, 15) is 19.8 Å². The Labute approximate surface area is 219 Å². The molecule has 0 saturated carbocycles. The van der Waals surface area contributed by atoms with Crippen LogP contribution in [0.15, 0.2) is 66.2 Å². The van der Waals surface area contributed by atoms with Crippen LogP contribution in [0.5, 0.6) is 28.7 Å². The van der Waals surface area contributed by atoms with Crippen molar-refractivity contribution in [2.75, 3.05) is 26.9 Å². The predicted octanol–water partition coefficient (Wildman–Crippen LogP) is 4.19. The Balaban J connectivity index is 1.64. The fourth-order valence-electron chi connectivity index (χ4n) is 4.68. The van der Waals surface area contributed by atoms with Crippen molar-refractivity contribution in [2.24, 2.45) is 0 Å². The highest BCUT2D eigenvalue weighted by Crippen LogP contribution is 2.43. The zero-order valence-electron chi connectivity index (χ0n) is 21.0. The van der Waals surface area contributed by atoms with E-state index in [0.29, 0.717) is 48.2 Å². The molecule has 2 aliphatic heterocycles. The summed E-state index contributed by atoms with van der Waals surface area (Å²) in [7, 11) is 1.55. The second kappa shape index (κ2) is 10.4. The normalized spacial score (nSPS) is 17.9. The van der Waals surface area contributed by atoms with E-state index in [4.69, 9.17) is 18.9 Å². The van der Waals surface area contributed by atoms with Gasteiger partial charge in [-0.2, -0.15) is 0 Å². The lowest BCUT2D eigenvalue weighted by molar-refractivity contribution is -0.140. The molecule has 2 N–H and O–H groups in total. The zero-order valence-corrected chi connectivity index (χ0v) is 21.0. The largest absolute Gasteiger partial charge is 0.507 e. The molecule has 9 heteroatoms. The summed E-state index contributed by atoms with van der Waals surface area (Å²) in [5, 5.41) is 21.7. The maximum atomic E-state index is 13.4. The number of aromatic hydroxyl groups is 1. The number of carbonyl (C=O) groups excluding carboxylic acids is 2. The number of phenols is 1. The summed E-state index contributed by atoms with van der Waals surface area (Å²) in [6.45, 7) is 2.93. The molecular weight excluding hydrogens is 490 g/mol. The minimum absolute atomic E-state index is 0.0767. The van der Waals surface area contributed by atoms with Gasteiger partial charge in [0.25, 0.3) is 11.7 Å². The Hall–Kier alpha value is -4.66. The lowest BCUT2D eigenvalue weighted by atomic mass is 9.94. The Morgan fingerprint density at radius 2 is 1.82 bits per heavy atom. The van der Waals surface area contributed by atoms with Crippen LogP contribution in [0.3, 0.4) is 0 Å². The van der Waals surface area contributed by atoms with Gasteiger partial charge in [0.2, 0.25) is 0 Å². The number of rotatable bonds is 7. The molecular formula is C29H27NO8. The minimum atomic E-state index is -0.950. The quantitative estimate of drug-likeness (QED) is 0.272. The van der Waals surface area contributed by atoms with Crippen molar-refractivity contribution in [1.29, 1.82) is 0 Å². The van der Waals surface area contributed by atoms with Crippen LogP contribution in [0.1, 0.15) is 29.7 Å². The number of hydrogen-bond acceptors (Lipinski definition) is 8. The molecule has 0 aliphatic carbocycles. The maximum Gasteiger partial charge on any atom is 0.295 e. The first-order valence-corrected chi connectivity index (χ1v) is 12.2. The third kappa shape index (κ3) is 4.58. The van der Waals surface area contributed by atoms with Crippen LogP contribution in [-0.2, 0) is 16.1 Å². The van der Waals surface area contributed by atoms with Gasteiger partial charge in [0.05, 0.1) is 25.3 Å². The molecule has 5 rings (SSSR count). The van der Waals surface area contributed by atoms with Gasteiger partial charge >= 0.3 is 0 Å². The number of Topliss-reactive ketones (excluding diaryl/α,β-unsaturated/α-hetero) is 1. The molecule has 0 bridgehead atoms. The van der Waals surface area contributed by atoms with Gasteiger partial charge in [0.1, 0.15) is 24.7 Å². The highest BCUT2D eigenvalue weighted by Gasteiger charge is 2.46. The second-order valence-electron chi connectivity index (χ2n) is 8.80. The Morgan fingerprint density at radius 1 is 1.03 bits per heavy atom. The van der Waals surface area contributed by atoms with E-state index in [1.54, 1.807) is 62.6 Å². The van der Waals surface area contributed by atoms with E-state index in [2.05, 4.69) is 0 Å². The van der Waals surface area contributed by atoms with Crippen molar-refractivity contribution in [3.8, 4) is 28.7 Å². The van der Waals surface area contributed by atoms with Crippen molar-refractivity contribution in [2.45, 2.75) is 19.5 Å². The van der Waals surface area contributed by atoms with E-state index >= 15 is 0 Å². The molecule has 1 saturated heterocycles. The third-order valence-electron chi connectivity index (χ3n) is 6.44. The van der Waals surface area contributed by atoms with Gasteiger partial charge in [-0.1, -0.05) is 18.2 Å². The van der Waals surface area contributed by atoms with Crippen molar-refractivity contribution in [3.05, 3.63) is 82.9 Å². The van der Waals surface area contributed by atoms with Crippen molar-refractivity contribution in [3.63, 3.8) is 0 Å². The first-order valence-electron chi connectivity index (χ1n) is 12.2. The van der Waals surface area contributed by atoms with Gasteiger partial charge in [0, 0.05) is 12.1 Å². The van der Waals surface area contributed by atoms with Gasteiger partial charge in [-0.15, -0.1) is 0 Å².